The minimum atomic E-state index is -3.49. The van der Waals surface area contributed by atoms with Gasteiger partial charge < -0.3 is 15.7 Å². The number of nitrogens with one attached hydrogen (secondary N) is 3. The van der Waals surface area contributed by atoms with Gasteiger partial charge in [0, 0.05) is 22.7 Å². The largest absolute Gasteiger partial charge is 0.386 e. The Morgan fingerprint density at radius 1 is 1.13 bits per heavy atom. The van der Waals surface area contributed by atoms with Crippen molar-refractivity contribution in [3.8, 4) is 0 Å². The highest BCUT2D eigenvalue weighted by molar-refractivity contribution is 7.89. The molecule has 0 saturated heterocycles. The number of sulfonamides is 1. The van der Waals surface area contributed by atoms with Crippen molar-refractivity contribution >= 4 is 37.4 Å². The fourth-order valence-corrected chi connectivity index (χ4v) is 4.75. The predicted molar refractivity (Wildman–Crippen MR) is 122 cm³/mol. The molecule has 1 aromatic heterocycles. The molecule has 4 N–H and O–H groups in total. The molecule has 0 radical (unpaired) electrons. The summed E-state index contributed by atoms with van der Waals surface area (Å²) in [7, 11) is -2.11. The Morgan fingerprint density at radius 3 is 2.67 bits per heavy atom. The third-order valence-electron chi connectivity index (χ3n) is 4.48. The second kappa shape index (κ2) is 10.0. The van der Waals surface area contributed by atoms with Gasteiger partial charge in [-0.1, -0.05) is 30.3 Å². The number of aliphatic hydroxyl groups is 1. The highest BCUT2D eigenvalue weighted by Crippen LogP contribution is 2.29. The molecule has 1 unspecified atom stereocenters. The normalized spacial score (nSPS) is 13.4. The fraction of sp³-hybridized carbons (Fsp3) is 0.286. The van der Waals surface area contributed by atoms with Crippen LogP contribution in [0.25, 0.3) is 10.1 Å². The molecule has 7 nitrogen and oxygen atoms in total. The van der Waals surface area contributed by atoms with E-state index in [0.717, 1.165) is 20.5 Å². The van der Waals surface area contributed by atoms with Crippen LogP contribution in [-0.2, 0) is 16.6 Å². The van der Waals surface area contributed by atoms with Crippen LogP contribution in [0.5, 0.6) is 0 Å². The van der Waals surface area contributed by atoms with Crippen LogP contribution in [0.3, 0.4) is 0 Å². The van der Waals surface area contributed by atoms with Crippen molar-refractivity contribution in [2.45, 2.75) is 24.5 Å². The van der Waals surface area contributed by atoms with Crippen LogP contribution in [0.2, 0.25) is 0 Å². The molecule has 0 amide bonds. The summed E-state index contributed by atoms with van der Waals surface area (Å²) in [6, 6.07) is 16.7. The molecule has 30 heavy (non-hydrogen) atoms. The van der Waals surface area contributed by atoms with E-state index >= 15 is 0 Å². The average molecular weight is 447 g/mol. The summed E-state index contributed by atoms with van der Waals surface area (Å²) in [5.74, 6) is 0.555. The maximum absolute atomic E-state index is 12.0. The Labute approximate surface area is 180 Å². The molecule has 9 heteroatoms. The van der Waals surface area contributed by atoms with Gasteiger partial charge in [0.05, 0.1) is 11.4 Å². The van der Waals surface area contributed by atoms with Crippen LogP contribution in [0, 0.1) is 0 Å². The van der Waals surface area contributed by atoms with Gasteiger partial charge in [0.25, 0.3) is 0 Å². The quantitative estimate of drug-likeness (QED) is 0.315. The first-order valence-corrected chi connectivity index (χ1v) is 11.9. The molecule has 2 aromatic carbocycles. The van der Waals surface area contributed by atoms with Crippen molar-refractivity contribution in [1.82, 2.24) is 15.4 Å². The van der Waals surface area contributed by atoms with Crippen molar-refractivity contribution in [1.29, 1.82) is 0 Å². The van der Waals surface area contributed by atoms with E-state index in [0.29, 0.717) is 25.6 Å². The standard InChI is InChI=1S/C21H26N4O3S2/c1-3-23-21(24-13-15-7-6-9-17(11-15)30(27,28)22-2)25-14-18(26)20-12-16-8-4-5-10-19(16)29-20/h4-12,18,22,26H,3,13-14H2,1-2H3,(H2,23,24,25). The fourth-order valence-electron chi connectivity index (χ4n) is 2.90. The van der Waals surface area contributed by atoms with Crippen molar-refractivity contribution in [3.05, 3.63) is 65.0 Å². The SMILES string of the molecule is CCNC(=NCc1cccc(S(=O)(=O)NC)c1)NCC(O)c1cc2ccccc2s1. The summed E-state index contributed by atoms with van der Waals surface area (Å²) < 4.78 is 27.4. The molecule has 160 valence electrons. The first-order chi connectivity index (χ1) is 14.4. The first-order valence-electron chi connectivity index (χ1n) is 9.64. The molecule has 3 aromatic rings. The maximum Gasteiger partial charge on any atom is 0.240 e. The highest BCUT2D eigenvalue weighted by atomic mass is 32.2. The summed E-state index contributed by atoms with van der Waals surface area (Å²) in [5.41, 5.74) is 0.772. The number of benzene rings is 2. The number of guanidine groups is 1. The molecule has 0 bridgehead atoms. The van der Waals surface area contributed by atoms with Gasteiger partial charge in [0.1, 0.15) is 6.10 Å². The van der Waals surface area contributed by atoms with Crippen LogP contribution >= 0.6 is 11.3 Å². The van der Waals surface area contributed by atoms with Crippen LogP contribution in [0.15, 0.2) is 64.5 Å². The lowest BCUT2D eigenvalue weighted by molar-refractivity contribution is 0.184. The molecule has 0 aliphatic rings. The highest BCUT2D eigenvalue weighted by Gasteiger charge is 2.13. The molecule has 0 aliphatic heterocycles. The van der Waals surface area contributed by atoms with Crippen LogP contribution in [0.4, 0.5) is 0 Å². The van der Waals surface area contributed by atoms with E-state index in [1.807, 2.05) is 43.3 Å². The van der Waals surface area contributed by atoms with Gasteiger partial charge in [-0.3, -0.25) is 0 Å². The van der Waals surface area contributed by atoms with Crippen molar-refractivity contribution < 1.29 is 13.5 Å². The molecular weight excluding hydrogens is 420 g/mol. The molecule has 1 atom stereocenters. The zero-order chi connectivity index (χ0) is 21.6. The van der Waals surface area contributed by atoms with Gasteiger partial charge in [-0.2, -0.15) is 0 Å². The van der Waals surface area contributed by atoms with Gasteiger partial charge in [0.2, 0.25) is 10.0 Å². The molecule has 1 heterocycles. The first kappa shape index (κ1) is 22.2. The average Bonchev–Trinajstić information content (AvgIpc) is 3.20. The summed E-state index contributed by atoms with van der Waals surface area (Å²) in [6.45, 7) is 3.24. The van der Waals surface area contributed by atoms with Crippen molar-refractivity contribution in [2.75, 3.05) is 20.1 Å². The van der Waals surface area contributed by atoms with Gasteiger partial charge in [-0.15, -0.1) is 11.3 Å². The van der Waals surface area contributed by atoms with E-state index in [2.05, 4.69) is 20.3 Å². The van der Waals surface area contributed by atoms with Gasteiger partial charge in [0.15, 0.2) is 5.96 Å². The Bertz CT molecular complexity index is 1090. The zero-order valence-corrected chi connectivity index (χ0v) is 18.6. The molecule has 3 rings (SSSR count). The third kappa shape index (κ3) is 5.57. The van der Waals surface area contributed by atoms with Crippen LogP contribution in [-0.4, -0.2) is 39.6 Å². The summed E-state index contributed by atoms with van der Waals surface area (Å²) in [4.78, 5) is 5.61. The number of aliphatic hydroxyl groups excluding tert-OH is 1. The number of hydrogen-bond acceptors (Lipinski definition) is 5. The van der Waals surface area contributed by atoms with Gasteiger partial charge in [-0.25, -0.2) is 18.1 Å². The zero-order valence-electron chi connectivity index (χ0n) is 16.9. The van der Waals surface area contributed by atoms with Crippen LogP contribution < -0.4 is 15.4 Å². The molecule has 0 aliphatic carbocycles. The lowest BCUT2D eigenvalue weighted by atomic mass is 10.2. The van der Waals surface area contributed by atoms with E-state index in [-0.39, 0.29) is 4.90 Å². The van der Waals surface area contributed by atoms with Gasteiger partial charge in [-0.05, 0) is 49.2 Å². The minimum Gasteiger partial charge on any atom is -0.386 e. The lowest BCUT2D eigenvalue weighted by Crippen LogP contribution is -2.39. The van der Waals surface area contributed by atoms with E-state index in [1.54, 1.807) is 29.5 Å². The molecule has 0 saturated carbocycles. The van der Waals surface area contributed by atoms with Crippen molar-refractivity contribution in [2.24, 2.45) is 4.99 Å². The Morgan fingerprint density at radius 2 is 1.93 bits per heavy atom. The third-order valence-corrected chi connectivity index (χ3v) is 7.11. The molecular formula is C21H26N4O3S2. The summed E-state index contributed by atoms with van der Waals surface area (Å²) >= 11 is 1.57. The number of nitrogens with zero attached hydrogens (tertiary/aromatic N) is 1. The number of rotatable bonds is 8. The van der Waals surface area contributed by atoms with E-state index < -0.39 is 16.1 Å². The predicted octanol–water partition coefficient (Wildman–Crippen LogP) is 2.60. The van der Waals surface area contributed by atoms with E-state index in [1.165, 1.54) is 7.05 Å². The lowest BCUT2D eigenvalue weighted by Gasteiger charge is -2.14. The topological polar surface area (TPSA) is 103 Å². The Hall–Kier alpha value is -2.46. The summed E-state index contributed by atoms with van der Waals surface area (Å²) in [6.07, 6.45) is -0.657. The number of aliphatic imine (C=N–C) groups is 1. The number of fused-ring (bicyclic) bond motifs is 1. The smallest absolute Gasteiger partial charge is 0.240 e. The monoisotopic (exact) mass is 446 g/mol. The minimum absolute atomic E-state index is 0.204. The summed E-state index contributed by atoms with van der Waals surface area (Å²) in [5, 5.41) is 18.0. The van der Waals surface area contributed by atoms with Gasteiger partial charge >= 0.3 is 0 Å². The maximum atomic E-state index is 12.0. The Balaban J connectivity index is 1.66. The second-order valence-electron chi connectivity index (χ2n) is 6.63. The number of hydrogen-bond donors (Lipinski definition) is 4. The Kier molecular flexibility index (Phi) is 7.43. The number of thiophene rings is 1. The van der Waals surface area contributed by atoms with E-state index in [9.17, 15) is 13.5 Å². The molecule has 0 spiro atoms. The second-order valence-corrected chi connectivity index (χ2v) is 9.64. The van der Waals surface area contributed by atoms with Crippen molar-refractivity contribution in [3.63, 3.8) is 0 Å². The molecule has 0 fully saturated rings. The van der Waals surface area contributed by atoms with E-state index in [4.69, 9.17) is 0 Å². The van der Waals surface area contributed by atoms with Crippen LogP contribution in [0.1, 0.15) is 23.5 Å².